The largest absolute Gasteiger partial charge is 0.456 e. The molecule has 0 aliphatic rings. The van der Waals surface area contributed by atoms with Crippen LogP contribution in [0.3, 0.4) is 0 Å². The van der Waals surface area contributed by atoms with Gasteiger partial charge in [-0.1, -0.05) is 261 Å². The van der Waals surface area contributed by atoms with Gasteiger partial charge in [-0.05, 0) is 89.5 Å². The van der Waals surface area contributed by atoms with E-state index < -0.39 is 8.07 Å². The summed E-state index contributed by atoms with van der Waals surface area (Å²) >= 11 is 0. The van der Waals surface area contributed by atoms with Crippen LogP contribution in [0.15, 0.2) is 290 Å². The zero-order chi connectivity index (χ0) is 49.3. The molecule has 4 nitrogen and oxygen atoms in total. The maximum atomic E-state index is 6.32. The monoisotopic (exact) mass is 961 g/mol. The predicted molar refractivity (Wildman–Crippen MR) is 309 cm³/mol. The van der Waals surface area contributed by atoms with Crippen molar-refractivity contribution >= 4 is 50.8 Å². The summed E-state index contributed by atoms with van der Waals surface area (Å²) in [4.78, 5) is 15.5. The molecule has 348 valence electrons. The second-order valence-corrected chi connectivity index (χ2v) is 22.4. The molecule has 74 heavy (non-hydrogen) atoms. The Labute approximate surface area is 431 Å². The van der Waals surface area contributed by atoms with Crippen LogP contribution in [0.1, 0.15) is 0 Å². The second-order valence-electron chi connectivity index (χ2n) is 18.6. The minimum absolute atomic E-state index is 0.586. The summed E-state index contributed by atoms with van der Waals surface area (Å²) < 4.78 is 6.32. The van der Waals surface area contributed by atoms with E-state index in [1.54, 1.807) is 0 Å². The Balaban J connectivity index is 1.01. The first-order valence-corrected chi connectivity index (χ1v) is 27.1. The summed E-state index contributed by atoms with van der Waals surface area (Å²) in [6, 6.07) is 102. The molecule has 0 aliphatic heterocycles. The van der Waals surface area contributed by atoms with E-state index in [1.807, 2.05) is 60.7 Å². The topological polar surface area (TPSA) is 51.8 Å². The number of benzene rings is 11. The highest BCUT2D eigenvalue weighted by Gasteiger charge is 2.41. The van der Waals surface area contributed by atoms with E-state index in [9.17, 15) is 0 Å². The highest BCUT2D eigenvalue weighted by Crippen LogP contribution is 2.44. The number of furan rings is 1. The molecule has 0 bridgehead atoms. The Morgan fingerprint density at radius 1 is 0.257 bits per heavy atom. The van der Waals surface area contributed by atoms with E-state index in [2.05, 4.69) is 224 Å². The van der Waals surface area contributed by atoms with Gasteiger partial charge < -0.3 is 4.42 Å². The first-order valence-electron chi connectivity index (χ1n) is 25.1. The third-order valence-electron chi connectivity index (χ3n) is 14.3. The summed E-state index contributed by atoms with van der Waals surface area (Å²) in [6.45, 7) is 0. The van der Waals surface area contributed by atoms with Crippen LogP contribution in [0.4, 0.5) is 0 Å². The second kappa shape index (κ2) is 19.2. The van der Waals surface area contributed by atoms with Crippen LogP contribution in [0, 0.1) is 0 Å². The first-order chi connectivity index (χ1) is 36.7. The van der Waals surface area contributed by atoms with Crippen molar-refractivity contribution in [2.24, 2.45) is 0 Å². The molecule has 2 heterocycles. The standard InChI is InChI=1S/C69H47N3OSi/c1-7-23-48(24-8-1)54-46-61(49-41-43-52(44-42-49)68-70-67(51-27-11-3-12-28-51)71-69(72-68)60-38-22-40-64-66(60)59-37-19-20-39-63(59)73-64)65(50-25-9-2-10-26-50)62(47-54)53-29-21-36-58(45-53)74(55-30-13-4-14-31-55,56-32-15-5-16-33-56)57-34-17-6-18-35-57/h1-47H. The fourth-order valence-electron chi connectivity index (χ4n) is 10.9. The van der Waals surface area contributed by atoms with Crippen LogP contribution in [0.5, 0.6) is 0 Å². The van der Waals surface area contributed by atoms with Crippen molar-refractivity contribution in [3.8, 4) is 78.7 Å². The van der Waals surface area contributed by atoms with Crippen LogP contribution < -0.4 is 20.7 Å². The highest BCUT2D eigenvalue weighted by molar-refractivity contribution is 7.19. The van der Waals surface area contributed by atoms with Gasteiger partial charge in [-0.25, -0.2) is 15.0 Å². The molecule has 11 aromatic carbocycles. The molecule has 5 heteroatoms. The van der Waals surface area contributed by atoms with Crippen molar-refractivity contribution in [3.05, 3.63) is 285 Å². The van der Waals surface area contributed by atoms with Crippen LogP contribution >= 0.6 is 0 Å². The van der Waals surface area contributed by atoms with Crippen LogP contribution in [-0.4, -0.2) is 23.0 Å². The molecule has 0 atom stereocenters. The number of hydrogen-bond acceptors (Lipinski definition) is 4. The van der Waals surface area contributed by atoms with Crippen molar-refractivity contribution in [1.29, 1.82) is 0 Å². The average Bonchev–Trinajstić information content (AvgIpc) is 3.88. The lowest BCUT2D eigenvalue weighted by Gasteiger charge is -2.34. The number of fused-ring (bicyclic) bond motifs is 3. The van der Waals surface area contributed by atoms with Gasteiger partial charge in [0.15, 0.2) is 25.5 Å². The lowest BCUT2D eigenvalue weighted by molar-refractivity contribution is 0.669. The molecule has 0 unspecified atom stereocenters. The molecular weight excluding hydrogens is 915 g/mol. The minimum Gasteiger partial charge on any atom is -0.456 e. The minimum atomic E-state index is -2.85. The SMILES string of the molecule is c1ccc(-c2cc(-c3ccc(-c4nc(-c5ccccc5)nc(-c5cccc6oc7ccccc7c56)n4)cc3)c(-c3ccccc3)c(-c3cccc([Si](c4ccccc4)(c4ccccc4)c4ccccc4)c3)c2)cc1. The van der Waals surface area contributed by atoms with Gasteiger partial charge in [0.1, 0.15) is 11.2 Å². The molecule has 13 rings (SSSR count). The van der Waals surface area contributed by atoms with Gasteiger partial charge in [-0.15, -0.1) is 0 Å². The molecule has 0 saturated heterocycles. The van der Waals surface area contributed by atoms with Gasteiger partial charge in [-0.3, -0.25) is 0 Å². The van der Waals surface area contributed by atoms with Crippen molar-refractivity contribution in [2.75, 3.05) is 0 Å². The smallest absolute Gasteiger partial charge is 0.179 e. The molecule has 0 fully saturated rings. The summed E-state index contributed by atoms with van der Waals surface area (Å²) in [7, 11) is -2.85. The van der Waals surface area contributed by atoms with Crippen molar-refractivity contribution in [2.45, 2.75) is 0 Å². The van der Waals surface area contributed by atoms with Crippen LogP contribution in [-0.2, 0) is 0 Å². The number of rotatable bonds is 11. The molecule has 0 saturated carbocycles. The van der Waals surface area contributed by atoms with E-state index in [0.29, 0.717) is 17.5 Å². The maximum Gasteiger partial charge on any atom is 0.179 e. The van der Waals surface area contributed by atoms with Gasteiger partial charge in [0.25, 0.3) is 0 Å². The van der Waals surface area contributed by atoms with Gasteiger partial charge in [0.2, 0.25) is 0 Å². The zero-order valence-electron chi connectivity index (χ0n) is 40.4. The first kappa shape index (κ1) is 44.4. The fraction of sp³-hybridized carbons (Fsp3) is 0. The fourth-order valence-corrected chi connectivity index (χ4v) is 15.7. The summed E-state index contributed by atoms with van der Waals surface area (Å²) in [5, 5.41) is 7.33. The molecule has 0 radical (unpaired) electrons. The van der Waals surface area contributed by atoms with E-state index in [-0.39, 0.29) is 0 Å². The van der Waals surface area contributed by atoms with Crippen molar-refractivity contribution in [1.82, 2.24) is 15.0 Å². The predicted octanol–water partition coefficient (Wildman–Crippen LogP) is 14.8. The van der Waals surface area contributed by atoms with Crippen LogP contribution in [0.25, 0.3) is 101 Å². The lowest BCUT2D eigenvalue weighted by atomic mass is 9.84. The number of hydrogen-bond donors (Lipinski definition) is 0. The zero-order valence-corrected chi connectivity index (χ0v) is 41.4. The molecule has 2 aromatic heterocycles. The van der Waals surface area contributed by atoms with Gasteiger partial charge >= 0.3 is 0 Å². The molecule has 0 aliphatic carbocycles. The number of nitrogens with zero attached hydrogens (tertiary/aromatic N) is 3. The molecule has 0 spiro atoms. The summed E-state index contributed by atoms with van der Waals surface area (Å²) in [5.74, 6) is 1.78. The van der Waals surface area contributed by atoms with Crippen LogP contribution in [0.2, 0.25) is 0 Å². The van der Waals surface area contributed by atoms with Crippen molar-refractivity contribution in [3.63, 3.8) is 0 Å². The summed E-state index contributed by atoms with van der Waals surface area (Å²) in [5.41, 5.74) is 13.4. The third kappa shape index (κ3) is 8.02. The Kier molecular flexibility index (Phi) is 11.5. The Morgan fingerprint density at radius 3 is 1.27 bits per heavy atom. The Bertz CT molecular complexity index is 4000. The third-order valence-corrected chi connectivity index (χ3v) is 19.1. The summed E-state index contributed by atoms with van der Waals surface area (Å²) in [6.07, 6.45) is 0. The number of aromatic nitrogens is 3. The molecule has 0 N–H and O–H groups in total. The molecule has 0 amide bonds. The highest BCUT2D eigenvalue weighted by atomic mass is 28.3. The maximum absolute atomic E-state index is 6.32. The normalized spacial score (nSPS) is 11.5. The average molecular weight is 962 g/mol. The van der Waals surface area contributed by atoms with E-state index in [0.717, 1.165) is 83.1 Å². The Morgan fingerprint density at radius 2 is 0.676 bits per heavy atom. The lowest BCUT2D eigenvalue weighted by Crippen LogP contribution is -2.74. The van der Waals surface area contributed by atoms with E-state index in [1.165, 1.54) is 20.7 Å². The van der Waals surface area contributed by atoms with E-state index in [4.69, 9.17) is 19.4 Å². The van der Waals surface area contributed by atoms with Gasteiger partial charge in [0, 0.05) is 27.5 Å². The van der Waals surface area contributed by atoms with Crippen molar-refractivity contribution < 1.29 is 4.42 Å². The van der Waals surface area contributed by atoms with E-state index >= 15 is 0 Å². The molecule has 13 aromatic rings. The van der Waals surface area contributed by atoms with Gasteiger partial charge in [0.05, 0.1) is 0 Å². The van der Waals surface area contributed by atoms with Gasteiger partial charge in [-0.2, -0.15) is 0 Å². The molecular formula is C69H47N3OSi. The number of para-hydroxylation sites is 1. The quantitative estimate of drug-likeness (QED) is 0.0957. The Hall–Kier alpha value is -9.55.